The monoisotopic (exact) mass is 387 g/mol. The van der Waals surface area contributed by atoms with E-state index in [1.54, 1.807) is 24.5 Å². The number of carbonyl (C=O) groups is 1. The maximum atomic E-state index is 12.5. The Bertz CT molecular complexity index is 898. The maximum Gasteiger partial charge on any atom is 0.240 e. The van der Waals surface area contributed by atoms with E-state index in [0.29, 0.717) is 0 Å². The zero-order chi connectivity index (χ0) is 19.3. The van der Waals surface area contributed by atoms with Crippen LogP contribution in [0, 0.1) is 0 Å². The second-order valence-electron chi connectivity index (χ2n) is 6.86. The van der Waals surface area contributed by atoms with Gasteiger partial charge >= 0.3 is 0 Å². The van der Waals surface area contributed by atoms with Crippen molar-refractivity contribution in [1.29, 1.82) is 0 Å². The standard InChI is InChI=1S/C20H25N3O3S/c1-15(16-8-11-21-12-9-16)23-20(24)10-13-22-27(25,26)19-7-6-17-4-2-3-5-18(17)14-19/h6-9,11-12,14-15,22H,2-5,10,13H2,1H3,(H,23,24). The summed E-state index contributed by atoms with van der Waals surface area (Å²) >= 11 is 0. The number of fused-ring (bicyclic) bond motifs is 1. The molecule has 1 aliphatic carbocycles. The molecule has 2 aromatic rings. The molecule has 3 rings (SSSR count). The largest absolute Gasteiger partial charge is 0.350 e. The minimum absolute atomic E-state index is 0.0638. The molecular weight excluding hydrogens is 362 g/mol. The van der Waals surface area contributed by atoms with E-state index in [4.69, 9.17) is 0 Å². The van der Waals surface area contributed by atoms with Crippen LogP contribution in [0.5, 0.6) is 0 Å². The summed E-state index contributed by atoms with van der Waals surface area (Å²) in [5, 5.41) is 2.86. The predicted molar refractivity (Wildman–Crippen MR) is 104 cm³/mol. The number of nitrogens with one attached hydrogen (secondary N) is 2. The molecule has 1 aliphatic rings. The predicted octanol–water partition coefficient (Wildman–Crippen LogP) is 2.51. The Morgan fingerprint density at radius 2 is 1.81 bits per heavy atom. The molecule has 0 saturated heterocycles. The first-order valence-electron chi connectivity index (χ1n) is 9.26. The van der Waals surface area contributed by atoms with Gasteiger partial charge in [0.1, 0.15) is 0 Å². The fourth-order valence-corrected chi connectivity index (χ4v) is 4.39. The highest BCUT2D eigenvalue weighted by Crippen LogP contribution is 2.24. The van der Waals surface area contributed by atoms with Crippen molar-refractivity contribution < 1.29 is 13.2 Å². The molecule has 0 saturated carbocycles. The zero-order valence-electron chi connectivity index (χ0n) is 15.4. The van der Waals surface area contributed by atoms with Gasteiger partial charge in [0.15, 0.2) is 0 Å². The van der Waals surface area contributed by atoms with Crippen molar-refractivity contribution >= 4 is 15.9 Å². The van der Waals surface area contributed by atoms with Crippen LogP contribution < -0.4 is 10.0 Å². The average Bonchev–Trinajstić information content (AvgIpc) is 2.68. The first kappa shape index (κ1) is 19.5. The first-order chi connectivity index (χ1) is 13.0. The Kier molecular flexibility index (Phi) is 6.23. The third-order valence-corrected chi connectivity index (χ3v) is 6.32. The third-order valence-electron chi connectivity index (χ3n) is 4.86. The molecule has 1 heterocycles. The number of hydrogen-bond acceptors (Lipinski definition) is 4. The number of aryl methyl sites for hydroxylation is 2. The van der Waals surface area contributed by atoms with Gasteiger partial charge < -0.3 is 5.32 Å². The molecule has 0 bridgehead atoms. The lowest BCUT2D eigenvalue weighted by Crippen LogP contribution is -2.32. The van der Waals surface area contributed by atoms with Crippen molar-refractivity contribution in [3.63, 3.8) is 0 Å². The number of nitrogens with zero attached hydrogens (tertiary/aromatic N) is 1. The van der Waals surface area contributed by atoms with E-state index in [1.807, 2.05) is 25.1 Å². The molecule has 0 spiro atoms. The van der Waals surface area contributed by atoms with Crippen LogP contribution in [-0.4, -0.2) is 25.9 Å². The van der Waals surface area contributed by atoms with Gasteiger partial charge in [0.05, 0.1) is 10.9 Å². The lowest BCUT2D eigenvalue weighted by Gasteiger charge is -2.17. The number of aromatic nitrogens is 1. The van der Waals surface area contributed by atoms with Gasteiger partial charge in [0.25, 0.3) is 0 Å². The minimum atomic E-state index is -3.61. The quantitative estimate of drug-likeness (QED) is 0.764. The summed E-state index contributed by atoms with van der Waals surface area (Å²) in [5.41, 5.74) is 3.31. The summed E-state index contributed by atoms with van der Waals surface area (Å²) in [7, 11) is -3.61. The summed E-state index contributed by atoms with van der Waals surface area (Å²) in [6, 6.07) is 8.85. The van der Waals surface area contributed by atoms with E-state index in [9.17, 15) is 13.2 Å². The van der Waals surface area contributed by atoms with Crippen LogP contribution in [0.2, 0.25) is 0 Å². The van der Waals surface area contributed by atoms with Gasteiger partial charge in [-0.1, -0.05) is 6.07 Å². The van der Waals surface area contributed by atoms with Gasteiger partial charge in [-0.3, -0.25) is 9.78 Å². The van der Waals surface area contributed by atoms with Gasteiger partial charge in [-0.15, -0.1) is 0 Å². The Labute approximate surface area is 160 Å². The van der Waals surface area contributed by atoms with E-state index in [1.165, 1.54) is 5.56 Å². The van der Waals surface area contributed by atoms with Gasteiger partial charge in [-0.05, 0) is 73.6 Å². The summed E-state index contributed by atoms with van der Waals surface area (Å²) in [5.74, 6) is -0.201. The van der Waals surface area contributed by atoms with Crippen molar-refractivity contribution in [3.05, 3.63) is 59.4 Å². The topological polar surface area (TPSA) is 88.2 Å². The summed E-state index contributed by atoms with van der Waals surface area (Å²) < 4.78 is 27.5. The Balaban J connectivity index is 1.52. The fraction of sp³-hybridized carbons (Fsp3) is 0.400. The van der Waals surface area contributed by atoms with E-state index in [-0.39, 0.29) is 29.8 Å². The van der Waals surface area contributed by atoms with Crippen LogP contribution in [0.4, 0.5) is 0 Å². The molecule has 7 heteroatoms. The Morgan fingerprint density at radius 1 is 1.11 bits per heavy atom. The van der Waals surface area contributed by atoms with Gasteiger partial charge in [0.2, 0.25) is 15.9 Å². The highest BCUT2D eigenvalue weighted by atomic mass is 32.2. The average molecular weight is 388 g/mol. The van der Waals surface area contributed by atoms with Crippen LogP contribution in [0.3, 0.4) is 0 Å². The highest BCUT2D eigenvalue weighted by molar-refractivity contribution is 7.89. The minimum Gasteiger partial charge on any atom is -0.350 e. The van der Waals surface area contributed by atoms with Crippen molar-refractivity contribution in [2.24, 2.45) is 0 Å². The highest BCUT2D eigenvalue weighted by Gasteiger charge is 2.18. The van der Waals surface area contributed by atoms with Crippen LogP contribution in [0.25, 0.3) is 0 Å². The number of carbonyl (C=O) groups excluding carboxylic acids is 1. The molecule has 1 amide bonds. The molecule has 0 fully saturated rings. The number of pyridine rings is 1. The van der Waals surface area contributed by atoms with Crippen molar-refractivity contribution in [2.45, 2.75) is 50.0 Å². The Morgan fingerprint density at radius 3 is 2.56 bits per heavy atom. The van der Waals surface area contributed by atoms with Crippen molar-refractivity contribution in [3.8, 4) is 0 Å². The molecule has 1 aromatic carbocycles. The SMILES string of the molecule is CC(NC(=O)CCNS(=O)(=O)c1ccc2c(c1)CCCC2)c1ccncc1. The van der Waals surface area contributed by atoms with Gasteiger partial charge in [-0.25, -0.2) is 13.1 Å². The molecule has 1 aromatic heterocycles. The van der Waals surface area contributed by atoms with Crippen molar-refractivity contribution in [1.82, 2.24) is 15.0 Å². The summed E-state index contributed by atoms with van der Waals surface area (Å²) in [4.78, 5) is 16.3. The molecule has 1 atom stereocenters. The first-order valence-corrected chi connectivity index (χ1v) is 10.7. The number of rotatable bonds is 7. The second-order valence-corrected chi connectivity index (χ2v) is 8.62. The number of hydrogen-bond donors (Lipinski definition) is 2. The fourth-order valence-electron chi connectivity index (χ4n) is 3.31. The van der Waals surface area contributed by atoms with E-state index >= 15 is 0 Å². The molecule has 27 heavy (non-hydrogen) atoms. The normalized spacial score (nSPS) is 15.0. The molecule has 6 nitrogen and oxygen atoms in total. The van der Waals surface area contributed by atoms with Crippen LogP contribution in [0.1, 0.15) is 48.9 Å². The van der Waals surface area contributed by atoms with Gasteiger partial charge in [-0.2, -0.15) is 0 Å². The number of amides is 1. The lowest BCUT2D eigenvalue weighted by atomic mass is 9.92. The van der Waals surface area contributed by atoms with Crippen LogP contribution >= 0.6 is 0 Å². The lowest BCUT2D eigenvalue weighted by molar-refractivity contribution is -0.121. The maximum absolute atomic E-state index is 12.5. The van der Waals surface area contributed by atoms with Crippen LogP contribution in [-0.2, 0) is 27.7 Å². The molecule has 1 unspecified atom stereocenters. The van der Waals surface area contributed by atoms with Gasteiger partial charge in [0, 0.05) is 25.4 Å². The van der Waals surface area contributed by atoms with E-state index < -0.39 is 10.0 Å². The smallest absolute Gasteiger partial charge is 0.240 e. The number of sulfonamides is 1. The summed E-state index contributed by atoms with van der Waals surface area (Å²) in [6.45, 7) is 1.94. The Hall–Kier alpha value is -2.25. The molecular formula is C20H25N3O3S. The zero-order valence-corrected chi connectivity index (χ0v) is 16.3. The van der Waals surface area contributed by atoms with E-state index in [2.05, 4.69) is 15.0 Å². The number of benzene rings is 1. The molecule has 0 aliphatic heterocycles. The second kappa shape index (κ2) is 8.63. The molecule has 2 N–H and O–H groups in total. The van der Waals surface area contributed by atoms with Crippen LogP contribution in [0.15, 0.2) is 47.6 Å². The summed E-state index contributed by atoms with van der Waals surface area (Å²) in [6.07, 6.45) is 7.62. The van der Waals surface area contributed by atoms with E-state index in [0.717, 1.165) is 36.8 Å². The van der Waals surface area contributed by atoms with Crippen molar-refractivity contribution in [2.75, 3.05) is 6.54 Å². The molecule has 0 radical (unpaired) electrons. The third kappa shape index (κ3) is 5.14. The molecule has 144 valence electrons.